The van der Waals surface area contributed by atoms with Crippen molar-refractivity contribution < 1.29 is 9.90 Å². The summed E-state index contributed by atoms with van der Waals surface area (Å²) in [4.78, 5) is 17.9. The molecule has 156 valence electrons. The van der Waals surface area contributed by atoms with Gasteiger partial charge in [0, 0.05) is 22.2 Å². The molecule has 0 bridgehead atoms. The number of hydrogen-bond acceptors (Lipinski definition) is 4. The maximum Gasteiger partial charge on any atom is 0.184 e. The Balaban J connectivity index is 1.88. The van der Waals surface area contributed by atoms with E-state index in [1.165, 1.54) is 16.9 Å². The molecule has 30 heavy (non-hydrogen) atoms. The van der Waals surface area contributed by atoms with Gasteiger partial charge in [0.2, 0.25) is 0 Å². The van der Waals surface area contributed by atoms with Crippen LogP contribution in [0.15, 0.2) is 65.0 Å². The smallest absolute Gasteiger partial charge is 0.184 e. The Morgan fingerprint density at radius 3 is 2.23 bits per heavy atom. The number of benzene rings is 2. The van der Waals surface area contributed by atoms with Crippen molar-refractivity contribution in [3.63, 3.8) is 0 Å². The molecule has 0 aliphatic carbocycles. The molecule has 0 aliphatic heterocycles. The van der Waals surface area contributed by atoms with Crippen molar-refractivity contribution in [2.45, 2.75) is 40.0 Å². The number of carbonyl (C=O) groups excluding carboxylic acids is 1. The Labute approximate surface area is 183 Å². The second kappa shape index (κ2) is 8.97. The quantitative estimate of drug-likeness (QED) is 0.355. The molecule has 1 heterocycles. The molecule has 0 atom stereocenters. The SMILES string of the molecule is CC(C)C(=NCC(=O)c1ccccc1)c1csc(-c2ccc(C(C)(C)C)cc2)c1O. The molecule has 0 saturated carbocycles. The van der Waals surface area contributed by atoms with Crippen LogP contribution in [0.3, 0.4) is 0 Å². The summed E-state index contributed by atoms with van der Waals surface area (Å²) in [6.07, 6.45) is 0. The van der Waals surface area contributed by atoms with Gasteiger partial charge in [0.25, 0.3) is 0 Å². The third-order valence-electron chi connectivity index (χ3n) is 5.09. The van der Waals surface area contributed by atoms with Crippen LogP contribution in [0.4, 0.5) is 0 Å². The van der Waals surface area contributed by atoms with Crippen LogP contribution < -0.4 is 0 Å². The Kier molecular flexibility index (Phi) is 6.57. The van der Waals surface area contributed by atoms with Crippen LogP contribution in [0.2, 0.25) is 0 Å². The Hall–Kier alpha value is -2.72. The number of aromatic hydroxyl groups is 1. The minimum absolute atomic E-state index is 0.0264. The van der Waals surface area contributed by atoms with Crippen LogP contribution in [0.25, 0.3) is 10.4 Å². The maximum absolute atomic E-state index is 12.5. The largest absolute Gasteiger partial charge is 0.506 e. The van der Waals surface area contributed by atoms with Crippen LogP contribution in [0.1, 0.15) is 56.1 Å². The third-order valence-corrected chi connectivity index (χ3v) is 6.11. The first-order valence-electron chi connectivity index (χ1n) is 10.2. The van der Waals surface area contributed by atoms with Gasteiger partial charge in [-0.1, -0.05) is 89.2 Å². The minimum Gasteiger partial charge on any atom is -0.506 e. The zero-order valence-electron chi connectivity index (χ0n) is 18.3. The number of thiophene rings is 1. The van der Waals surface area contributed by atoms with E-state index in [9.17, 15) is 9.90 Å². The third kappa shape index (κ3) is 4.88. The Morgan fingerprint density at radius 2 is 1.67 bits per heavy atom. The molecule has 3 aromatic rings. The van der Waals surface area contributed by atoms with E-state index in [1.54, 1.807) is 12.1 Å². The fourth-order valence-corrected chi connectivity index (χ4v) is 4.27. The van der Waals surface area contributed by atoms with E-state index in [4.69, 9.17) is 0 Å². The lowest BCUT2D eigenvalue weighted by Crippen LogP contribution is -2.13. The molecule has 3 rings (SSSR count). The second-order valence-corrected chi connectivity index (χ2v) is 9.68. The molecule has 1 N–H and O–H groups in total. The van der Waals surface area contributed by atoms with Crippen molar-refractivity contribution in [1.82, 2.24) is 0 Å². The van der Waals surface area contributed by atoms with E-state index in [-0.39, 0.29) is 29.4 Å². The van der Waals surface area contributed by atoms with Gasteiger partial charge in [-0.15, -0.1) is 11.3 Å². The molecular weight excluding hydrogens is 390 g/mol. The maximum atomic E-state index is 12.5. The van der Waals surface area contributed by atoms with Crippen LogP contribution in [-0.4, -0.2) is 23.1 Å². The lowest BCUT2D eigenvalue weighted by atomic mass is 9.86. The first-order valence-corrected chi connectivity index (χ1v) is 11.1. The molecule has 4 heteroatoms. The number of aliphatic imine (C=N–C) groups is 1. The van der Waals surface area contributed by atoms with E-state index < -0.39 is 0 Å². The van der Waals surface area contributed by atoms with E-state index in [2.05, 4.69) is 50.0 Å². The van der Waals surface area contributed by atoms with Crippen LogP contribution >= 0.6 is 11.3 Å². The van der Waals surface area contributed by atoms with Crippen LogP contribution in [0, 0.1) is 5.92 Å². The van der Waals surface area contributed by atoms with E-state index in [0.29, 0.717) is 11.1 Å². The highest BCUT2D eigenvalue weighted by atomic mass is 32.1. The summed E-state index contributed by atoms with van der Waals surface area (Å²) < 4.78 is 0. The lowest BCUT2D eigenvalue weighted by molar-refractivity contribution is 0.100. The van der Waals surface area contributed by atoms with E-state index >= 15 is 0 Å². The topological polar surface area (TPSA) is 49.7 Å². The average Bonchev–Trinajstić information content (AvgIpc) is 3.09. The number of ketones is 1. The van der Waals surface area contributed by atoms with Gasteiger partial charge in [-0.05, 0) is 22.5 Å². The molecule has 1 aromatic heterocycles. The number of hydrogen-bond donors (Lipinski definition) is 1. The highest BCUT2D eigenvalue weighted by Gasteiger charge is 2.20. The second-order valence-electron chi connectivity index (χ2n) is 8.80. The van der Waals surface area contributed by atoms with E-state index in [0.717, 1.165) is 16.2 Å². The van der Waals surface area contributed by atoms with Crippen molar-refractivity contribution in [1.29, 1.82) is 0 Å². The lowest BCUT2D eigenvalue weighted by Gasteiger charge is -2.19. The standard InChI is InChI=1S/C26H29NO2S/c1-17(2)23(27-15-22(28)18-9-7-6-8-10-18)21-16-30-25(24(21)29)19-11-13-20(14-12-19)26(3,4)5/h6-14,16-17,29H,15H2,1-5H3. The van der Waals surface area contributed by atoms with Gasteiger partial charge >= 0.3 is 0 Å². The summed E-state index contributed by atoms with van der Waals surface area (Å²) in [6, 6.07) is 17.5. The molecule has 3 nitrogen and oxygen atoms in total. The summed E-state index contributed by atoms with van der Waals surface area (Å²) in [6.45, 7) is 10.7. The van der Waals surface area contributed by atoms with Gasteiger partial charge in [0.1, 0.15) is 12.3 Å². The van der Waals surface area contributed by atoms with Crippen molar-refractivity contribution >= 4 is 22.8 Å². The molecule has 0 saturated heterocycles. The van der Waals surface area contributed by atoms with Gasteiger partial charge < -0.3 is 5.11 Å². The molecule has 0 amide bonds. The normalized spacial score (nSPS) is 12.4. The highest BCUT2D eigenvalue weighted by molar-refractivity contribution is 7.14. The molecule has 0 fully saturated rings. The predicted octanol–water partition coefficient (Wildman–Crippen LogP) is 6.75. The van der Waals surface area contributed by atoms with E-state index in [1.807, 2.05) is 37.4 Å². The molecule has 0 aliphatic rings. The van der Waals surface area contributed by atoms with Gasteiger partial charge in [-0.25, -0.2) is 0 Å². The Bertz CT molecular complexity index is 1040. The van der Waals surface area contributed by atoms with Crippen molar-refractivity contribution in [2.75, 3.05) is 6.54 Å². The number of Topliss-reactive ketones (excluding diaryl/α,β-unsaturated/α-hetero) is 1. The van der Waals surface area contributed by atoms with Crippen LogP contribution in [-0.2, 0) is 5.41 Å². The summed E-state index contributed by atoms with van der Waals surface area (Å²) >= 11 is 1.50. The fourth-order valence-electron chi connectivity index (χ4n) is 3.31. The van der Waals surface area contributed by atoms with Crippen molar-refractivity contribution in [3.05, 3.63) is 76.7 Å². The number of nitrogens with zero attached hydrogens (tertiary/aromatic N) is 1. The first kappa shape index (κ1) is 22.0. The summed E-state index contributed by atoms with van der Waals surface area (Å²) in [5.74, 6) is 0.301. The summed E-state index contributed by atoms with van der Waals surface area (Å²) in [7, 11) is 0. The number of rotatable bonds is 6. The average molecular weight is 420 g/mol. The first-order chi connectivity index (χ1) is 14.2. The molecular formula is C26H29NO2S. The molecule has 0 unspecified atom stereocenters. The number of carbonyl (C=O) groups is 1. The van der Waals surface area contributed by atoms with Crippen molar-refractivity contribution in [2.24, 2.45) is 10.9 Å². The predicted molar refractivity (Wildman–Crippen MR) is 127 cm³/mol. The van der Waals surface area contributed by atoms with Gasteiger partial charge in [0.15, 0.2) is 5.78 Å². The fraction of sp³-hybridized carbons (Fsp3) is 0.308. The summed E-state index contributed by atoms with van der Waals surface area (Å²) in [5, 5.41) is 12.9. The van der Waals surface area contributed by atoms with Crippen molar-refractivity contribution in [3.8, 4) is 16.2 Å². The molecule has 2 aromatic carbocycles. The van der Waals surface area contributed by atoms with Gasteiger partial charge in [0.05, 0.1) is 4.88 Å². The van der Waals surface area contributed by atoms with Gasteiger partial charge in [-0.2, -0.15) is 0 Å². The zero-order valence-corrected chi connectivity index (χ0v) is 19.1. The molecule has 0 spiro atoms. The summed E-state index contributed by atoms with van der Waals surface area (Å²) in [5.41, 5.74) is 4.45. The highest BCUT2D eigenvalue weighted by Crippen LogP contribution is 2.40. The van der Waals surface area contributed by atoms with Gasteiger partial charge in [-0.3, -0.25) is 9.79 Å². The monoisotopic (exact) mass is 419 g/mol. The zero-order chi connectivity index (χ0) is 21.9. The molecule has 0 radical (unpaired) electrons. The van der Waals surface area contributed by atoms with Crippen LogP contribution in [0.5, 0.6) is 5.75 Å². The minimum atomic E-state index is -0.0264. The Morgan fingerprint density at radius 1 is 1.03 bits per heavy atom.